The molecule has 0 fully saturated rings. The van der Waals surface area contributed by atoms with Crippen LogP contribution in [0, 0.1) is 17.7 Å². The number of amides is 1. The number of fused-ring (bicyclic) bond motifs is 1. The monoisotopic (exact) mass is 495 g/mol. The Kier molecular flexibility index (Phi) is 7.98. The number of nitrogens with one attached hydrogen (secondary N) is 3. The molecule has 3 aromatic carbocycles. The van der Waals surface area contributed by atoms with E-state index in [1.807, 2.05) is 73.7 Å². The van der Waals surface area contributed by atoms with E-state index in [0.717, 1.165) is 52.8 Å². The van der Waals surface area contributed by atoms with Gasteiger partial charge >= 0.3 is 0 Å². The number of hydrogen-bond donors (Lipinski definition) is 5. The van der Waals surface area contributed by atoms with E-state index in [0.29, 0.717) is 30.6 Å². The van der Waals surface area contributed by atoms with Crippen LogP contribution in [0.4, 0.5) is 0 Å². The molecule has 7 N–H and O–H groups in total. The van der Waals surface area contributed by atoms with Gasteiger partial charge in [-0.1, -0.05) is 54.6 Å². The first-order chi connectivity index (χ1) is 17.8. The van der Waals surface area contributed by atoms with Gasteiger partial charge in [-0.15, -0.1) is 0 Å². The van der Waals surface area contributed by atoms with E-state index in [1.165, 1.54) is 0 Å². The van der Waals surface area contributed by atoms with Crippen LogP contribution in [0.2, 0.25) is 0 Å². The maximum Gasteiger partial charge on any atom is 0.254 e. The van der Waals surface area contributed by atoms with Crippen molar-refractivity contribution in [1.29, 1.82) is 10.8 Å². The summed E-state index contributed by atoms with van der Waals surface area (Å²) in [6.07, 6.45) is 2.58. The van der Waals surface area contributed by atoms with E-state index in [9.17, 15) is 4.79 Å². The van der Waals surface area contributed by atoms with Crippen molar-refractivity contribution in [3.8, 4) is 0 Å². The summed E-state index contributed by atoms with van der Waals surface area (Å²) in [6, 6.07) is 21.5. The van der Waals surface area contributed by atoms with Gasteiger partial charge in [-0.2, -0.15) is 0 Å². The standard InChI is InChI=1S/C29H33N7O/c1-19-23(29(37)36(18-16-25(30)31)17-15-20-5-3-2-4-6-20)12-13-24-27(19)35-26(34-24)14-9-21-7-10-22(11-8-21)28(32)33/h2-8,10-13H,9,14-18H2,1H3,(H3,30,31)(H3,32,33)(H,34,35). The second-order valence-corrected chi connectivity index (χ2v) is 9.23. The summed E-state index contributed by atoms with van der Waals surface area (Å²) in [5.74, 6) is 0.907. The number of aromatic nitrogens is 2. The maximum atomic E-state index is 13.6. The Labute approximate surface area is 216 Å². The highest BCUT2D eigenvalue weighted by atomic mass is 16.2. The van der Waals surface area contributed by atoms with Crippen molar-refractivity contribution in [2.75, 3.05) is 13.1 Å². The summed E-state index contributed by atoms with van der Waals surface area (Å²) in [5.41, 5.74) is 17.3. The smallest absolute Gasteiger partial charge is 0.254 e. The molecule has 4 rings (SSSR count). The minimum absolute atomic E-state index is 0.0598. The summed E-state index contributed by atoms with van der Waals surface area (Å²) in [5, 5.41) is 15.1. The van der Waals surface area contributed by atoms with Crippen molar-refractivity contribution in [3.63, 3.8) is 0 Å². The molecule has 37 heavy (non-hydrogen) atoms. The average molecular weight is 496 g/mol. The molecular weight excluding hydrogens is 462 g/mol. The maximum absolute atomic E-state index is 13.6. The first-order valence-corrected chi connectivity index (χ1v) is 12.4. The van der Waals surface area contributed by atoms with Crippen LogP contribution >= 0.6 is 0 Å². The zero-order valence-electron chi connectivity index (χ0n) is 21.1. The normalized spacial score (nSPS) is 10.9. The number of aryl methyl sites for hydroxylation is 3. The molecule has 0 aliphatic carbocycles. The number of benzene rings is 3. The van der Waals surface area contributed by atoms with Gasteiger partial charge < -0.3 is 21.4 Å². The minimum Gasteiger partial charge on any atom is -0.388 e. The van der Waals surface area contributed by atoms with Crippen molar-refractivity contribution in [2.24, 2.45) is 11.5 Å². The third kappa shape index (κ3) is 6.41. The summed E-state index contributed by atoms with van der Waals surface area (Å²) in [6.45, 7) is 2.87. The van der Waals surface area contributed by atoms with Gasteiger partial charge in [-0.3, -0.25) is 15.6 Å². The number of imidazole rings is 1. The Morgan fingerprint density at radius 1 is 0.892 bits per heavy atom. The number of amidine groups is 2. The number of rotatable bonds is 11. The van der Waals surface area contributed by atoms with Crippen LogP contribution in [0.3, 0.4) is 0 Å². The predicted molar refractivity (Wildman–Crippen MR) is 148 cm³/mol. The molecule has 1 heterocycles. The Hall–Kier alpha value is -4.46. The highest BCUT2D eigenvalue weighted by molar-refractivity contribution is 6.00. The van der Waals surface area contributed by atoms with Gasteiger partial charge in [-0.25, -0.2) is 4.98 Å². The highest BCUT2D eigenvalue weighted by Crippen LogP contribution is 2.22. The lowest BCUT2D eigenvalue weighted by Gasteiger charge is -2.23. The zero-order valence-corrected chi connectivity index (χ0v) is 21.1. The molecule has 8 nitrogen and oxygen atoms in total. The number of aromatic amines is 1. The molecule has 0 unspecified atom stereocenters. The number of nitrogens with two attached hydrogens (primary N) is 2. The van der Waals surface area contributed by atoms with Gasteiger partial charge in [0.2, 0.25) is 0 Å². The summed E-state index contributed by atoms with van der Waals surface area (Å²) >= 11 is 0. The topological polar surface area (TPSA) is 149 Å². The van der Waals surface area contributed by atoms with Gasteiger partial charge in [-0.05, 0) is 48.6 Å². The van der Waals surface area contributed by atoms with Crippen LogP contribution < -0.4 is 11.5 Å². The van der Waals surface area contributed by atoms with Gasteiger partial charge in [0.05, 0.1) is 16.9 Å². The molecular formula is C29H33N7O. The molecule has 0 spiro atoms. The number of nitrogen functional groups attached to an aromatic ring is 1. The lowest BCUT2D eigenvalue weighted by atomic mass is 10.0. The molecule has 8 heteroatoms. The first-order valence-electron chi connectivity index (χ1n) is 12.4. The Balaban J connectivity index is 1.50. The van der Waals surface area contributed by atoms with Crippen LogP contribution in [-0.4, -0.2) is 45.5 Å². The van der Waals surface area contributed by atoms with Gasteiger partial charge in [0.1, 0.15) is 11.7 Å². The Bertz CT molecular complexity index is 1410. The summed E-state index contributed by atoms with van der Waals surface area (Å²) in [7, 11) is 0. The van der Waals surface area contributed by atoms with E-state index in [-0.39, 0.29) is 17.6 Å². The van der Waals surface area contributed by atoms with Gasteiger partial charge in [0.25, 0.3) is 5.91 Å². The van der Waals surface area contributed by atoms with E-state index in [1.54, 1.807) is 4.90 Å². The molecule has 0 saturated carbocycles. The van der Waals surface area contributed by atoms with Crippen molar-refractivity contribution in [1.82, 2.24) is 14.9 Å². The van der Waals surface area contributed by atoms with Crippen LogP contribution in [0.15, 0.2) is 66.7 Å². The predicted octanol–water partition coefficient (Wildman–Crippen LogP) is 3.95. The fraction of sp³-hybridized carbons (Fsp3) is 0.241. The van der Waals surface area contributed by atoms with E-state index in [4.69, 9.17) is 27.3 Å². The molecule has 0 saturated heterocycles. The van der Waals surface area contributed by atoms with Gasteiger partial charge in [0, 0.05) is 37.1 Å². The molecule has 0 radical (unpaired) electrons. The molecule has 0 aliphatic heterocycles. The summed E-state index contributed by atoms with van der Waals surface area (Å²) < 4.78 is 0. The Morgan fingerprint density at radius 3 is 2.27 bits per heavy atom. The molecule has 0 atom stereocenters. The minimum atomic E-state index is -0.0771. The number of carbonyl (C=O) groups excluding carboxylic acids is 1. The van der Waals surface area contributed by atoms with Gasteiger partial charge in [0.15, 0.2) is 0 Å². The van der Waals surface area contributed by atoms with Crippen molar-refractivity contribution in [3.05, 3.63) is 100 Å². The lowest BCUT2D eigenvalue weighted by molar-refractivity contribution is 0.0761. The van der Waals surface area contributed by atoms with Crippen LogP contribution in [0.5, 0.6) is 0 Å². The zero-order chi connectivity index (χ0) is 26.4. The molecule has 0 aliphatic rings. The number of nitrogens with zero attached hydrogens (tertiary/aromatic N) is 2. The molecule has 4 aromatic rings. The molecule has 1 aromatic heterocycles. The van der Waals surface area contributed by atoms with Crippen molar-refractivity contribution in [2.45, 2.75) is 32.6 Å². The number of carbonyl (C=O) groups is 1. The lowest BCUT2D eigenvalue weighted by Crippen LogP contribution is -2.36. The Morgan fingerprint density at radius 2 is 1.59 bits per heavy atom. The quantitative estimate of drug-likeness (QED) is 0.158. The molecule has 0 bridgehead atoms. The number of hydrogen-bond acceptors (Lipinski definition) is 4. The average Bonchev–Trinajstić information content (AvgIpc) is 3.32. The second-order valence-electron chi connectivity index (χ2n) is 9.23. The SMILES string of the molecule is Cc1c(C(=O)N(CCC(=N)N)CCc2ccccc2)ccc2[nH]c(CCc3ccc(C(=N)N)cc3)nc12. The third-order valence-corrected chi connectivity index (χ3v) is 6.55. The van der Waals surface area contributed by atoms with Crippen LogP contribution in [0.1, 0.15) is 44.9 Å². The largest absolute Gasteiger partial charge is 0.388 e. The van der Waals surface area contributed by atoms with Crippen LogP contribution in [0.25, 0.3) is 11.0 Å². The van der Waals surface area contributed by atoms with Crippen molar-refractivity contribution < 1.29 is 4.79 Å². The van der Waals surface area contributed by atoms with E-state index in [2.05, 4.69) is 4.98 Å². The van der Waals surface area contributed by atoms with Crippen molar-refractivity contribution >= 4 is 28.6 Å². The molecule has 1 amide bonds. The highest BCUT2D eigenvalue weighted by Gasteiger charge is 2.20. The van der Waals surface area contributed by atoms with E-state index >= 15 is 0 Å². The second kappa shape index (κ2) is 11.5. The first kappa shape index (κ1) is 25.6. The van der Waals surface area contributed by atoms with Crippen LogP contribution in [-0.2, 0) is 19.3 Å². The fourth-order valence-electron chi connectivity index (χ4n) is 4.38. The fourth-order valence-corrected chi connectivity index (χ4v) is 4.38. The summed E-state index contributed by atoms with van der Waals surface area (Å²) in [4.78, 5) is 23.6. The molecule has 190 valence electrons. The van der Waals surface area contributed by atoms with E-state index < -0.39 is 0 Å². The third-order valence-electron chi connectivity index (χ3n) is 6.55. The number of H-pyrrole nitrogens is 1.